The van der Waals surface area contributed by atoms with Gasteiger partial charge in [0.05, 0.1) is 10.9 Å². The molecule has 13 heavy (non-hydrogen) atoms. The number of rotatable bonds is 2. The van der Waals surface area contributed by atoms with Crippen LogP contribution in [0.1, 0.15) is 32.1 Å². The Balaban J connectivity index is 2.15. The lowest BCUT2D eigenvalue weighted by Crippen LogP contribution is -2.38. The zero-order chi connectivity index (χ0) is 9.31. The summed E-state index contributed by atoms with van der Waals surface area (Å²) in [5, 5.41) is 9.77. The number of thioether (sulfide) groups is 1. The highest BCUT2D eigenvalue weighted by atomic mass is 32.2. The molecule has 0 aromatic carbocycles. The molecule has 1 aliphatic carbocycles. The van der Waals surface area contributed by atoms with E-state index in [0.29, 0.717) is 0 Å². The fourth-order valence-electron chi connectivity index (χ4n) is 2.67. The van der Waals surface area contributed by atoms with Gasteiger partial charge in [0.15, 0.2) is 0 Å². The van der Waals surface area contributed by atoms with E-state index in [1.807, 2.05) is 0 Å². The van der Waals surface area contributed by atoms with Crippen molar-refractivity contribution in [3.8, 4) is 0 Å². The monoisotopic (exact) mass is 200 g/mol. The highest BCUT2D eigenvalue weighted by Crippen LogP contribution is 2.48. The standard InChI is InChI=1S/C10H16O2S/c11-7-10(5-2-6-13-10)8-3-1-4-9(8)12/h7-9,12H,1-6H2. The van der Waals surface area contributed by atoms with Crippen LogP contribution in [0.2, 0.25) is 0 Å². The average molecular weight is 200 g/mol. The van der Waals surface area contributed by atoms with Gasteiger partial charge < -0.3 is 9.90 Å². The van der Waals surface area contributed by atoms with Gasteiger partial charge in [-0.2, -0.15) is 0 Å². The third kappa shape index (κ3) is 1.52. The predicted octanol–water partition coefficient (Wildman–Crippen LogP) is 1.61. The molecule has 0 bridgehead atoms. The van der Waals surface area contributed by atoms with Gasteiger partial charge >= 0.3 is 0 Å². The second-order valence-electron chi connectivity index (χ2n) is 4.13. The Hall–Kier alpha value is -0.0200. The summed E-state index contributed by atoms with van der Waals surface area (Å²) in [6, 6.07) is 0. The molecular weight excluding hydrogens is 184 g/mol. The normalized spacial score (nSPS) is 45.3. The molecule has 0 radical (unpaired) electrons. The Bertz CT molecular complexity index is 199. The van der Waals surface area contributed by atoms with Crippen molar-refractivity contribution in [3.63, 3.8) is 0 Å². The molecule has 1 saturated carbocycles. The van der Waals surface area contributed by atoms with Crippen molar-refractivity contribution < 1.29 is 9.90 Å². The van der Waals surface area contributed by atoms with Crippen molar-refractivity contribution in [3.05, 3.63) is 0 Å². The van der Waals surface area contributed by atoms with E-state index in [1.54, 1.807) is 11.8 Å². The minimum atomic E-state index is -0.226. The Morgan fingerprint density at radius 1 is 1.38 bits per heavy atom. The smallest absolute Gasteiger partial charge is 0.136 e. The van der Waals surface area contributed by atoms with Crippen LogP contribution >= 0.6 is 11.8 Å². The first kappa shape index (κ1) is 9.53. The summed E-state index contributed by atoms with van der Waals surface area (Å²) in [7, 11) is 0. The molecule has 74 valence electrons. The van der Waals surface area contributed by atoms with Crippen LogP contribution in [0.15, 0.2) is 0 Å². The van der Waals surface area contributed by atoms with E-state index in [4.69, 9.17) is 0 Å². The average Bonchev–Trinajstić information content (AvgIpc) is 2.73. The summed E-state index contributed by atoms with van der Waals surface area (Å²) in [5.41, 5.74) is 0. The topological polar surface area (TPSA) is 37.3 Å². The Kier molecular flexibility index (Phi) is 2.65. The van der Waals surface area contributed by atoms with E-state index in [1.165, 1.54) is 0 Å². The minimum Gasteiger partial charge on any atom is -0.393 e. The van der Waals surface area contributed by atoms with Gasteiger partial charge in [0, 0.05) is 5.92 Å². The summed E-state index contributed by atoms with van der Waals surface area (Å²) >= 11 is 1.76. The molecule has 3 unspecified atom stereocenters. The first-order valence-corrected chi connectivity index (χ1v) is 6.05. The van der Waals surface area contributed by atoms with Gasteiger partial charge in [0.25, 0.3) is 0 Å². The first-order chi connectivity index (χ1) is 6.28. The van der Waals surface area contributed by atoms with Gasteiger partial charge in [-0.3, -0.25) is 0 Å². The molecule has 2 aliphatic rings. The maximum Gasteiger partial charge on any atom is 0.136 e. The quantitative estimate of drug-likeness (QED) is 0.688. The molecule has 1 aliphatic heterocycles. The molecule has 0 amide bonds. The van der Waals surface area contributed by atoms with Crippen molar-refractivity contribution in [2.75, 3.05) is 5.75 Å². The number of carbonyl (C=O) groups excluding carboxylic acids is 1. The number of aliphatic hydroxyl groups excluding tert-OH is 1. The summed E-state index contributed by atoms with van der Waals surface area (Å²) in [6.45, 7) is 0. The zero-order valence-corrected chi connectivity index (χ0v) is 8.55. The van der Waals surface area contributed by atoms with Gasteiger partial charge in [0.1, 0.15) is 6.29 Å². The predicted molar refractivity (Wildman–Crippen MR) is 53.8 cm³/mol. The second kappa shape index (κ2) is 3.62. The van der Waals surface area contributed by atoms with E-state index in [0.717, 1.165) is 44.1 Å². The summed E-state index contributed by atoms with van der Waals surface area (Å²) < 4.78 is -0.226. The van der Waals surface area contributed by atoms with Crippen LogP contribution in [-0.4, -0.2) is 28.0 Å². The lowest BCUT2D eigenvalue weighted by atomic mass is 9.86. The van der Waals surface area contributed by atoms with E-state index in [2.05, 4.69) is 0 Å². The lowest BCUT2D eigenvalue weighted by molar-refractivity contribution is -0.112. The van der Waals surface area contributed by atoms with Gasteiger partial charge in [0.2, 0.25) is 0 Å². The second-order valence-corrected chi connectivity index (χ2v) is 5.59. The molecule has 2 nitrogen and oxygen atoms in total. The van der Waals surface area contributed by atoms with Crippen LogP contribution in [-0.2, 0) is 4.79 Å². The number of hydrogen-bond donors (Lipinski definition) is 1. The molecule has 2 rings (SSSR count). The number of aliphatic hydroxyl groups is 1. The third-order valence-electron chi connectivity index (χ3n) is 3.39. The maximum atomic E-state index is 11.1. The maximum absolute atomic E-state index is 11.1. The molecule has 0 aromatic heterocycles. The van der Waals surface area contributed by atoms with E-state index < -0.39 is 0 Å². The number of carbonyl (C=O) groups is 1. The molecule has 3 heteroatoms. The largest absolute Gasteiger partial charge is 0.393 e. The summed E-state index contributed by atoms with van der Waals surface area (Å²) in [6.07, 6.45) is 5.99. The van der Waals surface area contributed by atoms with Gasteiger partial charge in [-0.25, -0.2) is 0 Å². The van der Waals surface area contributed by atoms with E-state index >= 15 is 0 Å². The van der Waals surface area contributed by atoms with Crippen LogP contribution in [0.5, 0.6) is 0 Å². The van der Waals surface area contributed by atoms with Crippen molar-refractivity contribution in [2.24, 2.45) is 5.92 Å². The van der Waals surface area contributed by atoms with Crippen molar-refractivity contribution >= 4 is 18.0 Å². The minimum absolute atomic E-state index is 0.226. The molecule has 1 heterocycles. The number of aldehydes is 1. The first-order valence-electron chi connectivity index (χ1n) is 5.07. The molecule has 3 atom stereocenters. The van der Waals surface area contributed by atoms with Gasteiger partial charge in [-0.15, -0.1) is 11.8 Å². The zero-order valence-electron chi connectivity index (χ0n) is 7.74. The Morgan fingerprint density at radius 2 is 2.23 bits per heavy atom. The molecule has 1 N–H and O–H groups in total. The highest BCUT2D eigenvalue weighted by Gasteiger charge is 2.46. The highest BCUT2D eigenvalue weighted by molar-refractivity contribution is 8.01. The van der Waals surface area contributed by atoms with Gasteiger partial charge in [-0.1, -0.05) is 6.42 Å². The molecule has 1 saturated heterocycles. The lowest BCUT2D eigenvalue weighted by Gasteiger charge is -2.30. The molecule has 0 spiro atoms. The third-order valence-corrected chi connectivity index (χ3v) is 5.02. The number of hydrogen-bond acceptors (Lipinski definition) is 3. The van der Waals surface area contributed by atoms with E-state index in [-0.39, 0.29) is 16.8 Å². The van der Waals surface area contributed by atoms with Crippen LogP contribution in [0.4, 0.5) is 0 Å². The van der Waals surface area contributed by atoms with Gasteiger partial charge in [-0.05, 0) is 31.4 Å². The SMILES string of the molecule is O=CC1(C2CCCC2O)CCCS1. The summed E-state index contributed by atoms with van der Waals surface area (Å²) in [4.78, 5) is 11.1. The molecule has 0 aromatic rings. The van der Waals surface area contributed by atoms with Crippen LogP contribution < -0.4 is 0 Å². The van der Waals surface area contributed by atoms with E-state index in [9.17, 15) is 9.90 Å². The van der Waals surface area contributed by atoms with Crippen molar-refractivity contribution in [1.29, 1.82) is 0 Å². The van der Waals surface area contributed by atoms with Crippen LogP contribution in [0.3, 0.4) is 0 Å². The molecular formula is C10H16O2S. The summed E-state index contributed by atoms with van der Waals surface area (Å²) in [5.74, 6) is 1.32. The van der Waals surface area contributed by atoms with Crippen molar-refractivity contribution in [2.45, 2.75) is 43.0 Å². The van der Waals surface area contributed by atoms with Crippen molar-refractivity contribution in [1.82, 2.24) is 0 Å². The Labute approximate surface area is 83.1 Å². The Morgan fingerprint density at radius 3 is 2.69 bits per heavy atom. The van der Waals surface area contributed by atoms with Crippen LogP contribution in [0, 0.1) is 5.92 Å². The fourth-order valence-corrected chi connectivity index (χ4v) is 4.18. The van der Waals surface area contributed by atoms with Crippen LogP contribution in [0.25, 0.3) is 0 Å². The molecule has 2 fully saturated rings. The fraction of sp³-hybridized carbons (Fsp3) is 0.900.